The molecular formula is C18H28N2. The highest BCUT2D eigenvalue weighted by molar-refractivity contribution is 5.37. The quantitative estimate of drug-likeness (QED) is 0.897. The number of nitrogens with zero attached hydrogens (tertiary/aromatic N) is 1. The molecule has 1 aliphatic heterocycles. The molecule has 20 heavy (non-hydrogen) atoms. The lowest BCUT2D eigenvalue weighted by molar-refractivity contribution is -0.0113. The lowest BCUT2D eigenvalue weighted by Gasteiger charge is -2.51. The van der Waals surface area contributed by atoms with Crippen LogP contribution in [0.5, 0.6) is 0 Å². The summed E-state index contributed by atoms with van der Waals surface area (Å²) in [6.07, 6.45) is 3.61. The Kier molecular flexibility index (Phi) is 3.64. The molecular weight excluding hydrogens is 244 g/mol. The standard InChI is InChI=1S/C18H28N2/c1-13-8-14(2)15(3)20(11-13)18(12-19)9-16-6-4-5-7-17(16)10-18/h4-7,13-15H,8-12,19H2,1-3H3. The van der Waals surface area contributed by atoms with E-state index in [1.807, 2.05) is 0 Å². The van der Waals surface area contributed by atoms with Gasteiger partial charge in [0.1, 0.15) is 0 Å². The van der Waals surface area contributed by atoms with Crippen molar-refractivity contribution in [3.63, 3.8) is 0 Å². The first kappa shape index (κ1) is 14.1. The Morgan fingerprint density at radius 1 is 1.15 bits per heavy atom. The minimum atomic E-state index is 0.159. The van der Waals surface area contributed by atoms with Crippen molar-refractivity contribution in [3.8, 4) is 0 Å². The van der Waals surface area contributed by atoms with Crippen LogP contribution in [-0.2, 0) is 12.8 Å². The molecule has 0 amide bonds. The Labute approximate surface area is 123 Å². The molecule has 0 aromatic heterocycles. The summed E-state index contributed by atoms with van der Waals surface area (Å²) in [6.45, 7) is 9.17. The molecule has 3 atom stereocenters. The van der Waals surface area contributed by atoms with Gasteiger partial charge in [0.25, 0.3) is 0 Å². The molecule has 2 aliphatic rings. The molecule has 3 rings (SSSR count). The first-order valence-corrected chi connectivity index (χ1v) is 8.09. The van der Waals surface area contributed by atoms with Gasteiger partial charge in [0.05, 0.1) is 0 Å². The van der Waals surface area contributed by atoms with E-state index in [2.05, 4.69) is 49.9 Å². The van der Waals surface area contributed by atoms with Gasteiger partial charge in [0, 0.05) is 24.7 Å². The predicted octanol–water partition coefficient (Wildman–Crippen LogP) is 2.85. The molecule has 1 saturated heterocycles. The summed E-state index contributed by atoms with van der Waals surface area (Å²) in [5.41, 5.74) is 9.47. The van der Waals surface area contributed by atoms with Crippen LogP contribution in [0.25, 0.3) is 0 Å². The summed E-state index contributed by atoms with van der Waals surface area (Å²) in [6, 6.07) is 9.54. The van der Waals surface area contributed by atoms with Crippen LogP contribution < -0.4 is 5.73 Å². The molecule has 2 heteroatoms. The number of hydrogen-bond acceptors (Lipinski definition) is 2. The summed E-state index contributed by atoms with van der Waals surface area (Å²) in [4.78, 5) is 2.74. The van der Waals surface area contributed by atoms with E-state index in [0.29, 0.717) is 6.04 Å². The molecule has 0 saturated carbocycles. The summed E-state index contributed by atoms with van der Waals surface area (Å²) < 4.78 is 0. The van der Waals surface area contributed by atoms with Crippen LogP contribution in [0.15, 0.2) is 24.3 Å². The van der Waals surface area contributed by atoms with E-state index in [9.17, 15) is 0 Å². The fourth-order valence-corrected chi connectivity index (χ4v) is 4.48. The van der Waals surface area contributed by atoms with Crippen LogP contribution in [0.4, 0.5) is 0 Å². The van der Waals surface area contributed by atoms with Crippen molar-refractivity contribution in [2.75, 3.05) is 13.1 Å². The topological polar surface area (TPSA) is 29.3 Å². The molecule has 3 unspecified atom stereocenters. The smallest absolute Gasteiger partial charge is 0.0415 e. The van der Waals surface area contributed by atoms with Gasteiger partial charge < -0.3 is 5.73 Å². The van der Waals surface area contributed by atoms with Gasteiger partial charge in [0.2, 0.25) is 0 Å². The normalized spacial score (nSPS) is 33.1. The Morgan fingerprint density at radius 3 is 2.30 bits per heavy atom. The lowest BCUT2D eigenvalue weighted by atomic mass is 9.80. The van der Waals surface area contributed by atoms with Gasteiger partial charge in [-0.1, -0.05) is 38.1 Å². The number of likely N-dealkylation sites (tertiary alicyclic amines) is 1. The highest BCUT2D eigenvalue weighted by Gasteiger charge is 2.45. The van der Waals surface area contributed by atoms with Crippen molar-refractivity contribution in [2.45, 2.75) is 51.6 Å². The molecule has 0 radical (unpaired) electrons. The maximum Gasteiger partial charge on any atom is 0.0415 e. The Bertz CT molecular complexity index is 457. The summed E-state index contributed by atoms with van der Waals surface area (Å²) in [7, 11) is 0. The zero-order valence-corrected chi connectivity index (χ0v) is 13.1. The monoisotopic (exact) mass is 272 g/mol. The third-order valence-corrected chi connectivity index (χ3v) is 5.74. The molecule has 0 bridgehead atoms. The van der Waals surface area contributed by atoms with Gasteiger partial charge in [-0.25, -0.2) is 0 Å². The van der Waals surface area contributed by atoms with Gasteiger partial charge in [-0.15, -0.1) is 0 Å². The van der Waals surface area contributed by atoms with E-state index in [-0.39, 0.29) is 5.54 Å². The minimum Gasteiger partial charge on any atom is -0.329 e. The number of piperidine rings is 1. The number of rotatable bonds is 2. The van der Waals surface area contributed by atoms with Crippen molar-refractivity contribution in [1.82, 2.24) is 4.90 Å². The highest BCUT2D eigenvalue weighted by atomic mass is 15.2. The molecule has 0 spiro atoms. The number of benzene rings is 1. The summed E-state index contributed by atoms with van der Waals surface area (Å²) >= 11 is 0. The molecule has 1 aromatic carbocycles. The van der Waals surface area contributed by atoms with Crippen LogP contribution in [0.1, 0.15) is 38.3 Å². The van der Waals surface area contributed by atoms with Crippen LogP contribution in [0.2, 0.25) is 0 Å². The van der Waals surface area contributed by atoms with E-state index in [4.69, 9.17) is 5.73 Å². The third kappa shape index (κ3) is 2.19. The molecule has 1 aromatic rings. The summed E-state index contributed by atoms with van der Waals surface area (Å²) in [5, 5.41) is 0. The number of nitrogens with two attached hydrogens (primary N) is 1. The van der Waals surface area contributed by atoms with E-state index in [0.717, 1.165) is 31.2 Å². The highest BCUT2D eigenvalue weighted by Crippen LogP contribution is 2.40. The first-order valence-electron chi connectivity index (χ1n) is 8.09. The van der Waals surface area contributed by atoms with Gasteiger partial charge >= 0.3 is 0 Å². The zero-order valence-electron chi connectivity index (χ0n) is 13.1. The lowest BCUT2D eigenvalue weighted by Crippen LogP contribution is -2.62. The largest absolute Gasteiger partial charge is 0.329 e. The van der Waals surface area contributed by atoms with Crippen LogP contribution in [0, 0.1) is 11.8 Å². The van der Waals surface area contributed by atoms with Crippen LogP contribution >= 0.6 is 0 Å². The van der Waals surface area contributed by atoms with Crippen LogP contribution in [-0.4, -0.2) is 29.6 Å². The van der Waals surface area contributed by atoms with Gasteiger partial charge in [-0.2, -0.15) is 0 Å². The average molecular weight is 272 g/mol. The molecule has 2 nitrogen and oxygen atoms in total. The van der Waals surface area contributed by atoms with Crippen molar-refractivity contribution >= 4 is 0 Å². The molecule has 1 aliphatic carbocycles. The zero-order chi connectivity index (χ0) is 14.3. The maximum atomic E-state index is 6.29. The van der Waals surface area contributed by atoms with Crippen molar-refractivity contribution in [2.24, 2.45) is 17.6 Å². The fraction of sp³-hybridized carbons (Fsp3) is 0.667. The Hall–Kier alpha value is -0.860. The first-order chi connectivity index (χ1) is 9.55. The van der Waals surface area contributed by atoms with E-state index < -0.39 is 0 Å². The minimum absolute atomic E-state index is 0.159. The number of fused-ring (bicyclic) bond motifs is 1. The van der Waals surface area contributed by atoms with Crippen LogP contribution in [0.3, 0.4) is 0 Å². The molecule has 1 fully saturated rings. The van der Waals surface area contributed by atoms with Gasteiger partial charge in [-0.05, 0) is 49.1 Å². The maximum absolute atomic E-state index is 6.29. The fourth-order valence-electron chi connectivity index (χ4n) is 4.48. The number of hydrogen-bond donors (Lipinski definition) is 1. The molecule has 2 N–H and O–H groups in total. The second-order valence-corrected chi connectivity index (χ2v) is 7.26. The Balaban J connectivity index is 1.91. The van der Waals surface area contributed by atoms with Gasteiger partial charge in [-0.3, -0.25) is 4.90 Å². The van der Waals surface area contributed by atoms with Gasteiger partial charge in [0.15, 0.2) is 0 Å². The van der Waals surface area contributed by atoms with E-state index >= 15 is 0 Å². The van der Waals surface area contributed by atoms with Crippen molar-refractivity contribution < 1.29 is 0 Å². The summed E-state index contributed by atoms with van der Waals surface area (Å²) in [5.74, 6) is 1.55. The average Bonchev–Trinajstić information content (AvgIpc) is 2.82. The van der Waals surface area contributed by atoms with Crippen molar-refractivity contribution in [3.05, 3.63) is 35.4 Å². The van der Waals surface area contributed by atoms with E-state index in [1.54, 1.807) is 0 Å². The second-order valence-electron chi connectivity index (χ2n) is 7.26. The predicted molar refractivity (Wildman–Crippen MR) is 84.7 cm³/mol. The molecule has 1 heterocycles. The molecule has 110 valence electrons. The third-order valence-electron chi connectivity index (χ3n) is 5.74. The van der Waals surface area contributed by atoms with E-state index in [1.165, 1.54) is 24.1 Å². The second kappa shape index (κ2) is 5.16. The van der Waals surface area contributed by atoms with Crippen molar-refractivity contribution in [1.29, 1.82) is 0 Å². The SMILES string of the molecule is CC1CC(C)C(C)N(C2(CN)Cc3ccccc3C2)C1. The Morgan fingerprint density at radius 2 is 1.75 bits per heavy atom.